The second-order valence-corrected chi connectivity index (χ2v) is 8.06. The van der Waals surface area contributed by atoms with Gasteiger partial charge < -0.3 is 9.73 Å². The largest absolute Gasteiger partial charge is 0.411 e. The SMILES string of the molecule is C[C@H](Sc1nnc(-c2ccccc2F)o1)C(=O)N[C@@H]1CCCc2ccccc21. The minimum atomic E-state index is -0.426. The van der Waals surface area contributed by atoms with Crippen LogP contribution in [0.1, 0.15) is 36.9 Å². The van der Waals surface area contributed by atoms with Crippen molar-refractivity contribution >= 4 is 17.7 Å². The quantitative estimate of drug-likeness (QED) is 0.640. The van der Waals surface area contributed by atoms with E-state index in [0.717, 1.165) is 19.3 Å². The Kier molecular flexibility index (Phi) is 5.43. The van der Waals surface area contributed by atoms with Gasteiger partial charge >= 0.3 is 0 Å². The number of amides is 1. The average molecular weight is 397 g/mol. The van der Waals surface area contributed by atoms with Crippen LogP contribution in [0.5, 0.6) is 0 Å². The second-order valence-electron chi connectivity index (χ2n) is 6.77. The third-order valence-electron chi connectivity index (χ3n) is 4.84. The number of nitrogens with one attached hydrogen (secondary N) is 1. The van der Waals surface area contributed by atoms with Crippen molar-refractivity contribution < 1.29 is 13.6 Å². The molecule has 0 bridgehead atoms. The minimum absolute atomic E-state index is 0.0251. The van der Waals surface area contributed by atoms with Crippen LogP contribution in [0, 0.1) is 5.82 Å². The summed E-state index contributed by atoms with van der Waals surface area (Å²) in [6.07, 6.45) is 3.03. The van der Waals surface area contributed by atoms with Crippen molar-refractivity contribution in [2.75, 3.05) is 0 Å². The molecule has 1 amide bonds. The van der Waals surface area contributed by atoms with E-state index in [1.165, 1.54) is 29.0 Å². The van der Waals surface area contributed by atoms with Gasteiger partial charge in [0.2, 0.25) is 5.91 Å². The molecule has 1 aliphatic carbocycles. The van der Waals surface area contributed by atoms with Crippen LogP contribution in [-0.2, 0) is 11.2 Å². The van der Waals surface area contributed by atoms with Crippen molar-refractivity contribution in [3.05, 3.63) is 65.5 Å². The number of carbonyl (C=O) groups excluding carboxylic acids is 1. The van der Waals surface area contributed by atoms with Gasteiger partial charge in [-0.25, -0.2) is 4.39 Å². The molecule has 3 aromatic rings. The van der Waals surface area contributed by atoms with E-state index in [4.69, 9.17) is 4.42 Å². The van der Waals surface area contributed by atoms with Crippen molar-refractivity contribution in [2.24, 2.45) is 0 Å². The van der Waals surface area contributed by atoms with E-state index < -0.39 is 11.1 Å². The topological polar surface area (TPSA) is 68.0 Å². The zero-order valence-corrected chi connectivity index (χ0v) is 16.2. The summed E-state index contributed by atoms with van der Waals surface area (Å²) in [4.78, 5) is 12.7. The molecule has 1 aliphatic rings. The van der Waals surface area contributed by atoms with Gasteiger partial charge in [-0.15, -0.1) is 10.2 Å². The molecule has 1 N–H and O–H groups in total. The number of aromatic nitrogens is 2. The Bertz CT molecular complexity index is 991. The summed E-state index contributed by atoms with van der Waals surface area (Å²) in [7, 11) is 0. The fourth-order valence-corrected chi connectivity index (χ4v) is 4.09. The molecule has 5 nitrogen and oxygen atoms in total. The highest BCUT2D eigenvalue weighted by atomic mass is 32.2. The Labute approximate surface area is 166 Å². The molecule has 0 radical (unpaired) electrons. The first-order chi connectivity index (χ1) is 13.6. The Morgan fingerprint density at radius 3 is 2.86 bits per heavy atom. The third-order valence-corrected chi connectivity index (χ3v) is 5.78. The van der Waals surface area contributed by atoms with Crippen LogP contribution in [0.2, 0.25) is 0 Å². The number of benzene rings is 2. The van der Waals surface area contributed by atoms with Crippen molar-refractivity contribution in [1.82, 2.24) is 15.5 Å². The third kappa shape index (κ3) is 3.94. The molecule has 0 saturated heterocycles. The van der Waals surface area contributed by atoms with Crippen molar-refractivity contribution in [1.29, 1.82) is 0 Å². The highest BCUT2D eigenvalue weighted by Crippen LogP contribution is 2.31. The molecule has 144 valence electrons. The van der Waals surface area contributed by atoms with Crippen LogP contribution >= 0.6 is 11.8 Å². The lowest BCUT2D eigenvalue weighted by atomic mass is 9.88. The first-order valence-electron chi connectivity index (χ1n) is 9.25. The van der Waals surface area contributed by atoms with Crippen LogP contribution in [-0.4, -0.2) is 21.4 Å². The molecule has 0 aliphatic heterocycles. The fourth-order valence-electron chi connectivity index (χ4n) is 3.40. The van der Waals surface area contributed by atoms with E-state index in [-0.39, 0.29) is 28.6 Å². The predicted molar refractivity (Wildman–Crippen MR) is 105 cm³/mol. The fraction of sp³-hybridized carbons (Fsp3) is 0.286. The van der Waals surface area contributed by atoms with Gasteiger partial charge in [0.15, 0.2) is 0 Å². The van der Waals surface area contributed by atoms with E-state index in [0.29, 0.717) is 0 Å². The molecule has 1 aromatic heterocycles. The lowest BCUT2D eigenvalue weighted by molar-refractivity contribution is -0.121. The molecule has 0 spiro atoms. The lowest BCUT2D eigenvalue weighted by Crippen LogP contribution is -2.35. The zero-order valence-electron chi connectivity index (χ0n) is 15.4. The molecular weight excluding hydrogens is 377 g/mol. The first kappa shape index (κ1) is 18.7. The van der Waals surface area contributed by atoms with Crippen LogP contribution in [0.3, 0.4) is 0 Å². The summed E-state index contributed by atoms with van der Waals surface area (Å²) in [5.41, 5.74) is 2.74. The maximum Gasteiger partial charge on any atom is 0.277 e. The van der Waals surface area contributed by atoms with Crippen molar-refractivity contribution in [3.8, 4) is 11.5 Å². The maximum absolute atomic E-state index is 13.9. The molecule has 1 heterocycles. The van der Waals surface area contributed by atoms with Gasteiger partial charge in [0.1, 0.15) is 5.82 Å². The monoisotopic (exact) mass is 397 g/mol. The molecule has 4 rings (SSSR count). The number of carbonyl (C=O) groups is 1. The van der Waals surface area contributed by atoms with Crippen LogP contribution in [0.4, 0.5) is 4.39 Å². The number of nitrogens with zero attached hydrogens (tertiary/aromatic N) is 2. The molecule has 2 atom stereocenters. The van der Waals surface area contributed by atoms with Gasteiger partial charge in [0, 0.05) is 0 Å². The molecule has 0 unspecified atom stereocenters. The van der Waals surface area contributed by atoms with Crippen LogP contribution in [0.25, 0.3) is 11.5 Å². The molecule has 7 heteroatoms. The Morgan fingerprint density at radius 1 is 1.21 bits per heavy atom. The summed E-state index contributed by atoms with van der Waals surface area (Å²) < 4.78 is 19.4. The summed E-state index contributed by atoms with van der Waals surface area (Å²) in [5.74, 6) is -0.406. The molecule has 0 saturated carbocycles. The lowest BCUT2D eigenvalue weighted by Gasteiger charge is -2.27. The normalized spacial score (nSPS) is 17.0. The number of aryl methyl sites for hydroxylation is 1. The molecule has 2 aromatic carbocycles. The smallest absolute Gasteiger partial charge is 0.277 e. The number of hydrogen-bond donors (Lipinski definition) is 1. The summed E-state index contributed by atoms with van der Waals surface area (Å²) >= 11 is 1.17. The van der Waals surface area contributed by atoms with Crippen LogP contribution < -0.4 is 5.32 Å². The second kappa shape index (κ2) is 8.14. The van der Waals surface area contributed by atoms with Crippen molar-refractivity contribution in [2.45, 2.75) is 42.7 Å². The zero-order chi connectivity index (χ0) is 19.5. The Balaban J connectivity index is 1.41. The van der Waals surface area contributed by atoms with Gasteiger partial charge in [0.05, 0.1) is 16.9 Å². The van der Waals surface area contributed by atoms with Gasteiger partial charge in [0.25, 0.3) is 11.1 Å². The van der Waals surface area contributed by atoms with Gasteiger partial charge in [-0.2, -0.15) is 0 Å². The minimum Gasteiger partial charge on any atom is -0.411 e. The van der Waals surface area contributed by atoms with E-state index in [9.17, 15) is 9.18 Å². The molecule has 0 fully saturated rings. The number of halogens is 1. The maximum atomic E-state index is 13.9. The van der Waals surface area contributed by atoms with Gasteiger partial charge in [-0.3, -0.25) is 4.79 Å². The average Bonchev–Trinajstić information content (AvgIpc) is 3.16. The highest BCUT2D eigenvalue weighted by molar-refractivity contribution is 8.00. The van der Waals surface area contributed by atoms with E-state index >= 15 is 0 Å². The van der Waals surface area contributed by atoms with Gasteiger partial charge in [-0.1, -0.05) is 48.2 Å². The standard InChI is InChI=1S/C21H20FN3O2S/c1-13(19(26)23-18-12-6-8-14-7-2-3-9-15(14)18)28-21-25-24-20(27-21)16-10-4-5-11-17(16)22/h2-5,7,9-11,13,18H,6,8,12H2,1H3,(H,23,26)/t13-,18+/m0/s1. The highest BCUT2D eigenvalue weighted by Gasteiger charge is 2.25. The van der Waals surface area contributed by atoms with E-state index in [2.05, 4.69) is 27.6 Å². The Morgan fingerprint density at radius 2 is 2.00 bits per heavy atom. The molecular formula is C21H20FN3O2S. The number of thioether (sulfide) groups is 1. The van der Waals surface area contributed by atoms with E-state index in [1.54, 1.807) is 25.1 Å². The summed E-state index contributed by atoms with van der Waals surface area (Å²) in [6, 6.07) is 14.5. The van der Waals surface area contributed by atoms with Gasteiger partial charge in [-0.05, 0) is 49.4 Å². The predicted octanol–water partition coefficient (Wildman–Crippen LogP) is 4.55. The number of fused-ring (bicyclic) bond motifs is 1. The van der Waals surface area contributed by atoms with Crippen LogP contribution in [0.15, 0.2) is 58.2 Å². The first-order valence-corrected chi connectivity index (χ1v) is 10.1. The number of hydrogen-bond acceptors (Lipinski definition) is 5. The van der Waals surface area contributed by atoms with Crippen molar-refractivity contribution in [3.63, 3.8) is 0 Å². The number of rotatable bonds is 5. The van der Waals surface area contributed by atoms with E-state index in [1.807, 2.05) is 12.1 Å². The summed E-state index contributed by atoms with van der Waals surface area (Å²) in [5, 5.41) is 10.8. The molecule has 28 heavy (non-hydrogen) atoms. The summed E-state index contributed by atoms with van der Waals surface area (Å²) in [6.45, 7) is 1.79. The Hall–Kier alpha value is -2.67.